The third-order valence-electron chi connectivity index (χ3n) is 2.54. The fourth-order valence-electron chi connectivity index (χ4n) is 1.69. The number of imidazole rings is 1. The van der Waals surface area contributed by atoms with Gasteiger partial charge in [0.1, 0.15) is 0 Å². The van der Waals surface area contributed by atoms with E-state index in [1.807, 2.05) is 13.8 Å². The number of rotatable bonds is 7. The van der Waals surface area contributed by atoms with E-state index in [0.29, 0.717) is 13.0 Å². The summed E-state index contributed by atoms with van der Waals surface area (Å²) in [5, 5.41) is 0. The number of aryl methyl sites for hydroxylation is 2. The zero-order chi connectivity index (χ0) is 12.9. The van der Waals surface area contributed by atoms with Crippen LogP contribution >= 0.6 is 0 Å². The van der Waals surface area contributed by atoms with E-state index in [1.165, 1.54) is 4.57 Å². The van der Waals surface area contributed by atoms with E-state index in [4.69, 9.17) is 0 Å². The van der Waals surface area contributed by atoms with Crippen molar-refractivity contribution < 1.29 is 8.42 Å². The second-order valence-corrected chi connectivity index (χ2v) is 6.42. The maximum atomic E-state index is 11.8. The van der Waals surface area contributed by atoms with Crippen LogP contribution in [0, 0.1) is 0 Å². The quantitative estimate of drug-likeness (QED) is 0.731. The SMILES string of the molecule is CCCn1ccn(CCS(=O)(=O)CCC)c1=O. The summed E-state index contributed by atoms with van der Waals surface area (Å²) in [5.41, 5.74) is -0.126. The first-order chi connectivity index (χ1) is 8.00. The average Bonchev–Trinajstić information content (AvgIpc) is 2.59. The van der Waals surface area contributed by atoms with Gasteiger partial charge in [-0.1, -0.05) is 13.8 Å². The van der Waals surface area contributed by atoms with Crippen LogP contribution in [0.3, 0.4) is 0 Å². The lowest BCUT2D eigenvalue weighted by molar-refractivity contribution is 0.580. The summed E-state index contributed by atoms with van der Waals surface area (Å²) in [6.07, 6.45) is 4.86. The van der Waals surface area contributed by atoms with E-state index in [9.17, 15) is 13.2 Å². The van der Waals surface area contributed by atoms with Crippen LogP contribution in [0.25, 0.3) is 0 Å². The summed E-state index contributed by atoms with van der Waals surface area (Å²) in [5.74, 6) is 0.230. The molecule has 1 aromatic heterocycles. The summed E-state index contributed by atoms with van der Waals surface area (Å²) in [7, 11) is -3.02. The topological polar surface area (TPSA) is 61.1 Å². The molecule has 0 N–H and O–H groups in total. The second kappa shape index (κ2) is 6.05. The molecule has 1 aromatic rings. The van der Waals surface area contributed by atoms with Gasteiger partial charge in [0.25, 0.3) is 0 Å². The second-order valence-electron chi connectivity index (χ2n) is 4.12. The first-order valence-electron chi connectivity index (χ1n) is 5.96. The molecular formula is C11H20N2O3S. The zero-order valence-corrected chi connectivity index (χ0v) is 11.2. The van der Waals surface area contributed by atoms with Gasteiger partial charge >= 0.3 is 5.69 Å². The van der Waals surface area contributed by atoms with Crippen molar-refractivity contribution in [2.24, 2.45) is 0 Å². The minimum atomic E-state index is -3.02. The molecule has 0 unspecified atom stereocenters. The summed E-state index contributed by atoms with van der Waals surface area (Å²) in [6.45, 7) is 4.75. The summed E-state index contributed by atoms with van der Waals surface area (Å²) in [4.78, 5) is 11.8. The van der Waals surface area contributed by atoms with Gasteiger partial charge in [0.2, 0.25) is 0 Å². The van der Waals surface area contributed by atoms with Gasteiger partial charge in [0.15, 0.2) is 9.84 Å². The smallest absolute Gasteiger partial charge is 0.299 e. The van der Waals surface area contributed by atoms with Crippen molar-refractivity contribution in [3.05, 3.63) is 22.9 Å². The number of hydrogen-bond donors (Lipinski definition) is 0. The molecule has 0 aliphatic heterocycles. The molecule has 0 fully saturated rings. The maximum Gasteiger partial charge on any atom is 0.328 e. The molecule has 98 valence electrons. The van der Waals surface area contributed by atoms with Crippen molar-refractivity contribution in [2.75, 3.05) is 11.5 Å². The molecular weight excluding hydrogens is 240 g/mol. The number of aromatic nitrogens is 2. The monoisotopic (exact) mass is 260 g/mol. The third-order valence-corrected chi connectivity index (χ3v) is 4.38. The van der Waals surface area contributed by atoms with Gasteiger partial charge in [-0.3, -0.25) is 9.13 Å². The summed E-state index contributed by atoms with van der Waals surface area (Å²) in [6, 6.07) is 0. The Labute approximate surface area is 102 Å². The van der Waals surface area contributed by atoms with Crippen LogP contribution in [0.4, 0.5) is 0 Å². The number of sulfone groups is 1. The highest BCUT2D eigenvalue weighted by atomic mass is 32.2. The van der Waals surface area contributed by atoms with Crippen LogP contribution in [0.15, 0.2) is 17.2 Å². The van der Waals surface area contributed by atoms with Crippen molar-refractivity contribution in [1.29, 1.82) is 0 Å². The van der Waals surface area contributed by atoms with Crippen molar-refractivity contribution in [1.82, 2.24) is 9.13 Å². The molecule has 1 rings (SSSR count). The molecule has 1 heterocycles. The minimum absolute atomic E-state index is 0.0386. The Balaban J connectivity index is 2.67. The Kier molecular flexibility index (Phi) is 4.99. The standard InChI is InChI=1S/C11H20N2O3S/c1-3-5-12-6-7-13(11(12)14)8-10-17(15,16)9-4-2/h6-7H,3-5,8-10H2,1-2H3. The molecule has 17 heavy (non-hydrogen) atoms. The summed E-state index contributed by atoms with van der Waals surface area (Å²) < 4.78 is 26.1. The summed E-state index contributed by atoms with van der Waals surface area (Å²) >= 11 is 0. The number of hydrogen-bond acceptors (Lipinski definition) is 3. The molecule has 0 amide bonds. The molecule has 0 aliphatic carbocycles. The van der Waals surface area contributed by atoms with Crippen LogP contribution < -0.4 is 5.69 Å². The fraction of sp³-hybridized carbons (Fsp3) is 0.727. The van der Waals surface area contributed by atoms with Gasteiger partial charge in [-0.25, -0.2) is 13.2 Å². The predicted octanol–water partition coefficient (Wildman–Crippen LogP) is 0.885. The normalized spacial score (nSPS) is 11.9. The molecule has 0 saturated heterocycles. The van der Waals surface area contributed by atoms with E-state index in [2.05, 4.69) is 0 Å². The van der Waals surface area contributed by atoms with Gasteiger partial charge in [-0.15, -0.1) is 0 Å². The van der Waals surface area contributed by atoms with E-state index in [1.54, 1.807) is 17.0 Å². The van der Waals surface area contributed by atoms with E-state index in [0.717, 1.165) is 6.42 Å². The first-order valence-corrected chi connectivity index (χ1v) is 7.78. The Hall–Kier alpha value is -1.04. The van der Waals surface area contributed by atoms with E-state index in [-0.39, 0.29) is 23.7 Å². The van der Waals surface area contributed by atoms with Crippen molar-refractivity contribution in [3.63, 3.8) is 0 Å². The minimum Gasteiger partial charge on any atom is -0.299 e. The van der Waals surface area contributed by atoms with Crippen LogP contribution in [-0.4, -0.2) is 29.1 Å². The highest BCUT2D eigenvalue weighted by Gasteiger charge is 2.10. The molecule has 0 aliphatic rings. The average molecular weight is 260 g/mol. The van der Waals surface area contributed by atoms with Gasteiger partial charge in [0.05, 0.1) is 5.75 Å². The molecule has 0 radical (unpaired) electrons. The van der Waals surface area contributed by atoms with Gasteiger partial charge in [0, 0.05) is 31.2 Å². The van der Waals surface area contributed by atoms with Crippen molar-refractivity contribution in [3.8, 4) is 0 Å². The van der Waals surface area contributed by atoms with Crippen LogP contribution in [0.5, 0.6) is 0 Å². The Morgan fingerprint density at radius 2 is 1.59 bits per heavy atom. The lowest BCUT2D eigenvalue weighted by atomic mass is 10.5. The lowest BCUT2D eigenvalue weighted by Gasteiger charge is -2.03. The molecule has 0 aromatic carbocycles. The fourth-order valence-corrected chi connectivity index (χ4v) is 2.99. The molecule has 0 saturated carbocycles. The predicted molar refractivity (Wildman–Crippen MR) is 67.9 cm³/mol. The number of nitrogens with zero attached hydrogens (tertiary/aromatic N) is 2. The van der Waals surface area contributed by atoms with Crippen LogP contribution in [0.2, 0.25) is 0 Å². The molecule has 0 atom stereocenters. The van der Waals surface area contributed by atoms with Gasteiger partial charge in [-0.05, 0) is 12.8 Å². The van der Waals surface area contributed by atoms with Gasteiger partial charge < -0.3 is 0 Å². The molecule has 0 bridgehead atoms. The van der Waals surface area contributed by atoms with E-state index < -0.39 is 9.84 Å². The lowest BCUT2D eigenvalue weighted by Crippen LogP contribution is -2.27. The Bertz CT molecular complexity index is 499. The van der Waals surface area contributed by atoms with Crippen LogP contribution in [0.1, 0.15) is 26.7 Å². The largest absolute Gasteiger partial charge is 0.328 e. The van der Waals surface area contributed by atoms with Crippen molar-refractivity contribution in [2.45, 2.75) is 39.8 Å². The third kappa shape index (κ3) is 4.03. The molecule has 6 heteroatoms. The van der Waals surface area contributed by atoms with Crippen molar-refractivity contribution >= 4 is 9.84 Å². The zero-order valence-electron chi connectivity index (χ0n) is 10.4. The highest BCUT2D eigenvalue weighted by molar-refractivity contribution is 7.91. The molecule has 5 nitrogen and oxygen atoms in total. The first kappa shape index (κ1) is 14.0. The maximum absolute atomic E-state index is 11.8. The van der Waals surface area contributed by atoms with E-state index >= 15 is 0 Å². The van der Waals surface area contributed by atoms with Gasteiger partial charge in [-0.2, -0.15) is 0 Å². The highest BCUT2D eigenvalue weighted by Crippen LogP contribution is 1.96. The Morgan fingerprint density at radius 1 is 1.00 bits per heavy atom. The Morgan fingerprint density at radius 3 is 2.12 bits per heavy atom. The van der Waals surface area contributed by atoms with Crippen LogP contribution in [-0.2, 0) is 22.9 Å². The molecule has 0 spiro atoms.